The lowest BCUT2D eigenvalue weighted by atomic mass is 9.86. The highest BCUT2D eigenvalue weighted by molar-refractivity contribution is 5.96. The summed E-state index contributed by atoms with van der Waals surface area (Å²) in [4.78, 5) is 109. The highest BCUT2D eigenvalue weighted by Gasteiger charge is 2.38. The zero-order valence-corrected chi connectivity index (χ0v) is 33.6. The van der Waals surface area contributed by atoms with Gasteiger partial charge in [0.25, 0.3) is 0 Å². The summed E-state index contributed by atoms with van der Waals surface area (Å²) in [7, 11) is 0. The minimum Gasteiger partial charge on any atom is -0.508 e. The number of carboxylic acids is 1. The van der Waals surface area contributed by atoms with Crippen LogP contribution in [-0.2, 0) is 44.8 Å². The highest BCUT2D eigenvalue weighted by Crippen LogP contribution is 2.25. The van der Waals surface area contributed by atoms with Gasteiger partial charge in [-0.25, -0.2) is 0 Å². The maximum Gasteiger partial charge on any atom is 0.303 e. The zero-order valence-electron chi connectivity index (χ0n) is 33.6. The average molecular weight is 817 g/mol. The van der Waals surface area contributed by atoms with Crippen molar-refractivity contribution in [3.63, 3.8) is 0 Å². The number of nitrogens with zero attached hydrogens (tertiary/aromatic N) is 2. The molecule has 1 heterocycles. The number of carbonyl (C=O) groups excluding carboxylic acids is 7. The molecule has 19 heteroatoms. The largest absolute Gasteiger partial charge is 0.508 e. The number of hydrogen-bond donors (Lipinski definition) is 9. The third-order valence-electron chi connectivity index (χ3n) is 10.3. The van der Waals surface area contributed by atoms with Gasteiger partial charge in [0.05, 0.1) is 18.2 Å². The molecular formula is C39H60N8O11. The number of nitrogens with two attached hydrogens (primary N) is 4. The molecule has 0 spiro atoms. The van der Waals surface area contributed by atoms with Crippen LogP contribution in [-0.4, -0.2) is 116 Å². The Morgan fingerprint density at radius 1 is 0.897 bits per heavy atom. The molecule has 1 fully saturated rings. The number of aliphatic carboxylic acids is 1. The number of nitrogens with one attached hydrogen (secondary N) is 2. The van der Waals surface area contributed by atoms with E-state index in [1.54, 1.807) is 26.0 Å². The summed E-state index contributed by atoms with van der Waals surface area (Å²) in [5, 5.41) is 34.9. The number of phenols is 1. The Bertz CT molecular complexity index is 1660. The molecule has 1 aromatic carbocycles. The van der Waals surface area contributed by atoms with Gasteiger partial charge in [0.15, 0.2) is 17.5 Å². The van der Waals surface area contributed by atoms with Gasteiger partial charge in [-0.3, -0.25) is 43.3 Å². The van der Waals surface area contributed by atoms with Crippen LogP contribution in [0.4, 0.5) is 0 Å². The van der Waals surface area contributed by atoms with Gasteiger partial charge in [0.1, 0.15) is 23.6 Å². The van der Waals surface area contributed by atoms with Crippen molar-refractivity contribution in [3.05, 3.63) is 29.8 Å². The summed E-state index contributed by atoms with van der Waals surface area (Å²) in [5.41, 5.74) is 22.7. The molecule has 1 aromatic rings. The molecule has 322 valence electrons. The highest BCUT2D eigenvalue weighted by atomic mass is 16.4. The van der Waals surface area contributed by atoms with Gasteiger partial charge in [0, 0.05) is 57.0 Å². The molecule has 13 N–H and O–H groups in total. The molecule has 58 heavy (non-hydrogen) atoms. The number of phenolic OH excluding ortho intramolecular Hbond substituents is 1. The van der Waals surface area contributed by atoms with E-state index in [9.17, 15) is 53.7 Å². The molecule has 0 aromatic heterocycles. The Balaban J connectivity index is 2.24. The lowest BCUT2D eigenvalue weighted by Crippen LogP contribution is -2.52. The van der Waals surface area contributed by atoms with Crippen LogP contribution in [0.25, 0.3) is 0 Å². The molecule has 0 radical (unpaired) electrons. The lowest BCUT2D eigenvalue weighted by molar-refractivity contribution is -0.139. The molecule has 0 bridgehead atoms. The first-order valence-electron chi connectivity index (χ1n) is 19.4. The SMILES string of the molecule is CC(C)[C@@H](CC(=O)[C@H](NC(=O)[C@H](CC(=O)[C@H](N)CCCN=C(N)N)Cc1ccc(O)cc1)[C@@H](C)O)C(=O)N[C@H](CCC(=O)O)C(=O)C[C@H]1CC(=O)N([C@H](C)C(N)=O)C1. The summed E-state index contributed by atoms with van der Waals surface area (Å²) in [6.07, 6.45) is -2.59. The number of hydrogen-bond acceptors (Lipinski definition) is 12. The van der Waals surface area contributed by atoms with Gasteiger partial charge in [0.2, 0.25) is 23.6 Å². The molecule has 1 aliphatic heterocycles. The van der Waals surface area contributed by atoms with Gasteiger partial charge in [-0.15, -0.1) is 0 Å². The Kier molecular flexibility index (Phi) is 19.4. The summed E-state index contributed by atoms with van der Waals surface area (Å²) in [5.74, 6) is -8.75. The monoisotopic (exact) mass is 816 g/mol. The smallest absolute Gasteiger partial charge is 0.303 e. The van der Waals surface area contributed by atoms with Gasteiger partial charge in [-0.1, -0.05) is 26.0 Å². The number of carbonyl (C=O) groups is 8. The Morgan fingerprint density at radius 3 is 2.09 bits per heavy atom. The van der Waals surface area contributed by atoms with Crippen molar-refractivity contribution in [3.8, 4) is 5.75 Å². The number of ketones is 3. The van der Waals surface area contributed by atoms with E-state index in [4.69, 9.17) is 22.9 Å². The fourth-order valence-electron chi connectivity index (χ4n) is 6.72. The molecule has 0 unspecified atom stereocenters. The Hall–Kier alpha value is -5.43. The first kappa shape index (κ1) is 48.7. The zero-order chi connectivity index (χ0) is 43.9. The number of guanidine groups is 1. The van der Waals surface area contributed by atoms with Crippen molar-refractivity contribution in [2.24, 2.45) is 51.6 Å². The molecule has 19 nitrogen and oxygen atoms in total. The third-order valence-corrected chi connectivity index (χ3v) is 10.3. The first-order chi connectivity index (χ1) is 27.1. The lowest BCUT2D eigenvalue weighted by Gasteiger charge is -2.28. The molecule has 2 rings (SSSR count). The van der Waals surface area contributed by atoms with Crippen molar-refractivity contribution in [1.29, 1.82) is 0 Å². The van der Waals surface area contributed by atoms with Crippen LogP contribution < -0.4 is 33.6 Å². The van der Waals surface area contributed by atoms with Crippen molar-refractivity contribution in [2.45, 2.75) is 116 Å². The molecule has 1 saturated heterocycles. The molecule has 0 aliphatic carbocycles. The topological polar surface area (TPSA) is 341 Å². The predicted octanol–water partition coefficient (Wildman–Crippen LogP) is -0.981. The van der Waals surface area contributed by atoms with Crippen molar-refractivity contribution < 1.29 is 53.7 Å². The quantitative estimate of drug-likeness (QED) is 0.0308. The number of amides is 4. The van der Waals surface area contributed by atoms with E-state index in [2.05, 4.69) is 15.6 Å². The van der Waals surface area contributed by atoms with Crippen LogP contribution in [0.5, 0.6) is 5.75 Å². The number of Topliss-reactive ketones (excluding diaryl/α,β-unsaturated/α-hetero) is 3. The molecule has 0 saturated carbocycles. The minimum atomic E-state index is -1.51. The minimum absolute atomic E-state index is 0.0132. The Labute approximate surface area is 337 Å². The van der Waals surface area contributed by atoms with Crippen molar-refractivity contribution in [1.82, 2.24) is 15.5 Å². The summed E-state index contributed by atoms with van der Waals surface area (Å²) in [6, 6.07) is 1.34. The summed E-state index contributed by atoms with van der Waals surface area (Å²) >= 11 is 0. The van der Waals surface area contributed by atoms with Crippen LogP contribution in [0.15, 0.2) is 29.3 Å². The van der Waals surface area contributed by atoms with E-state index in [-0.39, 0.29) is 69.2 Å². The Morgan fingerprint density at radius 2 is 1.53 bits per heavy atom. The van der Waals surface area contributed by atoms with E-state index in [0.29, 0.717) is 12.0 Å². The van der Waals surface area contributed by atoms with Gasteiger partial charge in [-0.05, 0) is 69.1 Å². The van der Waals surface area contributed by atoms with E-state index in [1.807, 2.05) is 0 Å². The second-order valence-electron chi connectivity index (χ2n) is 15.4. The van der Waals surface area contributed by atoms with E-state index >= 15 is 0 Å². The van der Waals surface area contributed by atoms with E-state index in [1.165, 1.54) is 30.9 Å². The second-order valence-corrected chi connectivity index (χ2v) is 15.4. The van der Waals surface area contributed by atoms with Gasteiger partial charge in [-0.2, -0.15) is 0 Å². The van der Waals surface area contributed by atoms with E-state index in [0.717, 1.165) is 0 Å². The maximum atomic E-state index is 13.8. The number of aromatic hydroxyl groups is 1. The number of primary amides is 1. The van der Waals surface area contributed by atoms with Crippen LogP contribution >= 0.6 is 0 Å². The van der Waals surface area contributed by atoms with Gasteiger partial charge >= 0.3 is 5.97 Å². The number of aliphatic hydroxyl groups excluding tert-OH is 1. The fraction of sp³-hybridized carbons (Fsp3) is 0.615. The standard InChI is InChI=1S/C39H60N8O11/c1-20(2)27(38(58)45-29(11-12-34(54)55)31(51)15-24-16-33(53)47(19-24)21(3)36(41)56)18-32(52)35(22(4)48)46-37(57)25(14-23-7-9-26(49)10-8-23)17-30(50)28(40)6-5-13-44-39(42)43/h7-10,20-22,24-25,27-29,35,48-49H,5-6,11-19,40H2,1-4H3,(H2,41,56)(H,45,58)(H,46,57)(H,54,55)(H4,42,43,44)/t21-,22-,24+,25+,27-,28-,29-,35-/m1/s1. The number of carboxylic acid groups (broad SMARTS) is 1. The van der Waals surface area contributed by atoms with Crippen LogP contribution in [0, 0.1) is 23.7 Å². The molecule has 8 atom stereocenters. The third kappa shape index (κ3) is 15.8. The second kappa shape index (κ2) is 23.1. The molecule has 1 aliphatic rings. The fourth-order valence-corrected chi connectivity index (χ4v) is 6.72. The van der Waals surface area contributed by atoms with E-state index < -0.39 is 108 Å². The predicted molar refractivity (Wildman–Crippen MR) is 211 cm³/mol. The number of benzene rings is 1. The number of aliphatic imine (C=N–C) groups is 1. The number of aliphatic hydroxyl groups is 1. The average Bonchev–Trinajstić information content (AvgIpc) is 3.51. The first-order valence-corrected chi connectivity index (χ1v) is 19.4. The summed E-state index contributed by atoms with van der Waals surface area (Å²) < 4.78 is 0. The van der Waals surface area contributed by atoms with Crippen molar-refractivity contribution in [2.75, 3.05) is 13.1 Å². The molecular weight excluding hydrogens is 756 g/mol. The van der Waals surface area contributed by atoms with Crippen LogP contribution in [0.2, 0.25) is 0 Å². The maximum absolute atomic E-state index is 13.8. The number of rotatable bonds is 26. The molecule has 4 amide bonds. The van der Waals surface area contributed by atoms with Crippen molar-refractivity contribution >= 4 is 52.9 Å². The van der Waals surface area contributed by atoms with Gasteiger partial charge < -0.3 is 53.8 Å². The normalized spacial score (nSPS) is 17.6. The summed E-state index contributed by atoms with van der Waals surface area (Å²) in [6.45, 7) is 6.37. The van der Waals surface area contributed by atoms with Crippen LogP contribution in [0.1, 0.15) is 84.6 Å². The van der Waals surface area contributed by atoms with Crippen LogP contribution in [0.3, 0.4) is 0 Å². The number of likely N-dealkylation sites (tertiary alicyclic amines) is 1.